The molecule has 0 fully saturated rings. The molecule has 0 heterocycles. The van der Waals surface area contributed by atoms with E-state index in [0.717, 1.165) is 12.8 Å². The molecule has 0 aliphatic rings. The minimum Gasteiger partial charge on any atom is -0.391 e. The van der Waals surface area contributed by atoms with Crippen molar-refractivity contribution in [3.8, 4) is 0 Å². The Bertz CT molecular complexity index is 157. The Morgan fingerprint density at radius 3 is 2.59 bits per heavy atom. The fourth-order valence-corrected chi connectivity index (χ4v) is 1.34. The van der Waals surface area contributed by atoms with Crippen LogP contribution >= 0.6 is 0 Å². The zero-order chi connectivity index (χ0) is 12.9. The fourth-order valence-electron chi connectivity index (χ4n) is 1.34. The molecular formula is C12H27NO4. The van der Waals surface area contributed by atoms with Crippen molar-refractivity contribution in [2.45, 2.75) is 38.4 Å². The predicted molar refractivity (Wildman–Crippen MR) is 67.1 cm³/mol. The Balaban J connectivity index is 3.23. The summed E-state index contributed by atoms with van der Waals surface area (Å²) < 4.78 is 10.1. The molecule has 17 heavy (non-hydrogen) atoms. The lowest BCUT2D eigenvalue weighted by Crippen LogP contribution is -2.32. The molecule has 0 aliphatic carbocycles. The molecule has 5 nitrogen and oxygen atoms in total. The number of aliphatic hydroxyl groups is 2. The van der Waals surface area contributed by atoms with Gasteiger partial charge in [-0.15, -0.1) is 0 Å². The average Bonchev–Trinajstić information content (AvgIpc) is 2.31. The van der Waals surface area contributed by atoms with Crippen LogP contribution in [0.1, 0.15) is 26.2 Å². The lowest BCUT2D eigenvalue weighted by Gasteiger charge is -2.13. The predicted octanol–water partition coefficient (Wildman–Crippen LogP) is 0.151. The highest BCUT2D eigenvalue weighted by molar-refractivity contribution is 4.61. The van der Waals surface area contributed by atoms with E-state index in [0.29, 0.717) is 39.3 Å². The third kappa shape index (κ3) is 12.1. The summed E-state index contributed by atoms with van der Waals surface area (Å²) in [6, 6.07) is 0. The second kappa shape index (κ2) is 12.3. The molecule has 0 saturated heterocycles. The van der Waals surface area contributed by atoms with Crippen LogP contribution in [0, 0.1) is 0 Å². The molecule has 2 unspecified atom stereocenters. The normalized spacial score (nSPS) is 14.8. The number of rotatable bonds is 12. The Morgan fingerprint density at radius 1 is 1.18 bits per heavy atom. The van der Waals surface area contributed by atoms with Gasteiger partial charge in [0.15, 0.2) is 0 Å². The number of ether oxygens (including phenoxy) is 2. The summed E-state index contributed by atoms with van der Waals surface area (Å²) in [7, 11) is 1.56. The molecule has 0 aromatic rings. The van der Waals surface area contributed by atoms with Crippen LogP contribution < -0.4 is 5.32 Å². The van der Waals surface area contributed by atoms with Crippen molar-refractivity contribution in [1.82, 2.24) is 5.32 Å². The minimum atomic E-state index is -0.480. The van der Waals surface area contributed by atoms with Gasteiger partial charge in [0.05, 0.1) is 25.4 Å². The Labute approximate surface area is 104 Å². The largest absolute Gasteiger partial charge is 0.391 e. The van der Waals surface area contributed by atoms with Crippen molar-refractivity contribution in [2.24, 2.45) is 0 Å². The van der Waals surface area contributed by atoms with Crippen LogP contribution in [-0.4, -0.2) is 62.4 Å². The van der Waals surface area contributed by atoms with Gasteiger partial charge in [-0.05, 0) is 19.4 Å². The monoisotopic (exact) mass is 249 g/mol. The molecule has 0 rings (SSSR count). The van der Waals surface area contributed by atoms with E-state index < -0.39 is 12.2 Å². The molecule has 5 heteroatoms. The van der Waals surface area contributed by atoms with Gasteiger partial charge in [-0.1, -0.05) is 13.3 Å². The molecule has 0 spiro atoms. The summed E-state index contributed by atoms with van der Waals surface area (Å²) in [5.74, 6) is 0. The first-order chi connectivity index (χ1) is 8.20. The van der Waals surface area contributed by atoms with Crippen molar-refractivity contribution >= 4 is 0 Å². The van der Waals surface area contributed by atoms with Crippen LogP contribution in [0.15, 0.2) is 0 Å². The number of methoxy groups -OCH3 is 1. The van der Waals surface area contributed by atoms with Crippen LogP contribution in [0.3, 0.4) is 0 Å². The summed E-state index contributed by atoms with van der Waals surface area (Å²) in [5, 5.41) is 22.0. The zero-order valence-corrected chi connectivity index (χ0v) is 11.0. The number of hydrogen-bond acceptors (Lipinski definition) is 5. The maximum absolute atomic E-state index is 9.54. The molecule has 2 atom stereocenters. The Hall–Kier alpha value is -0.200. The average molecular weight is 249 g/mol. The third-order valence-corrected chi connectivity index (χ3v) is 2.35. The van der Waals surface area contributed by atoms with E-state index in [2.05, 4.69) is 12.2 Å². The van der Waals surface area contributed by atoms with Crippen LogP contribution in [-0.2, 0) is 9.47 Å². The standard InChI is InChI=1S/C12H27NO4/c1-3-4-7-17-10-12(15)8-13-6-5-11(14)9-16-2/h11-15H,3-10H2,1-2H3. The van der Waals surface area contributed by atoms with Crippen molar-refractivity contribution < 1.29 is 19.7 Å². The molecular weight excluding hydrogens is 222 g/mol. The summed E-state index contributed by atoms with van der Waals surface area (Å²) in [6.45, 7) is 4.69. The maximum Gasteiger partial charge on any atom is 0.0897 e. The Morgan fingerprint density at radius 2 is 1.94 bits per heavy atom. The van der Waals surface area contributed by atoms with Gasteiger partial charge >= 0.3 is 0 Å². The molecule has 0 radical (unpaired) electrons. The molecule has 0 saturated carbocycles. The molecule has 3 N–H and O–H groups in total. The quantitative estimate of drug-likeness (QED) is 0.430. The fraction of sp³-hybridized carbons (Fsp3) is 1.00. The van der Waals surface area contributed by atoms with Crippen LogP contribution in [0.4, 0.5) is 0 Å². The van der Waals surface area contributed by atoms with Gasteiger partial charge in [0, 0.05) is 20.3 Å². The minimum absolute atomic E-state index is 0.352. The zero-order valence-electron chi connectivity index (χ0n) is 11.0. The van der Waals surface area contributed by atoms with Crippen molar-refractivity contribution in [1.29, 1.82) is 0 Å². The van der Waals surface area contributed by atoms with Gasteiger partial charge in [0.2, 0.25) is 0 Å². The van der Waals surface area contributed by atoms with Crippen LogP contribution in [0.2, 0.25) is 0 Å². The summed E-state index contributed by atoms with van der Waals surface area (Å²) >= 11 is 0. The highest BCUT2D eigenvalue weighted by Gasteiger charge is 2.05. The van der Waals surface area contributed by atoms with E-state index in [1.807, 2.05) is 0 Å². The van der Waals surface area contributed by atoms with Gasteiger partial charge < -0.3 is 25.0 Å². The highest BCUT2D eigenvalue weighted by atomic mass is 16.5. The van der Waals surface area contributed by atoms with E-state index in [1.54, 1.807) is 7.11 Å². The van der Waals surface area contributed by atoms with E-state index >= 15 is 0 Å². The number of unbranched alkanes of at least 4 members (excludes halogenated alkanes) is 1. The van der Waals surface area contributed by atoms with Crippen molar-refractivity contribution in [3.63, 3.8) is 0 Å². The van der Waals surface area contributed by atoms with E-state index in [4.69, 9.17) is 9.47 Å². The summed E-state index contributed by atoms with van der Waals surface area (Å²) in [5.41, 5.74) is 0. The first-order valence-electron chi connectivity index (χ1n) is 6.34. The summed E-state index contributed by atoms with van der Waals surface area (Å²) in [6.07, 6.45) is 1.84. The van der Waals surface area contributed by atoms with E-state index in [9.17, 15) is 10.2 Å². The van der Waals surface area contributed by atoms with Crippen molar-refractivity contribution in [2.75, 3.05) is 40.0 Å². The van der Waals surface area contributed by atoms with Gasteiger partial charge in [-0.25, -0.2) is 0 Å². The Kier molecular flexibility index (Phi) is 12.1. The van der Waals surface area contributed by atoms with Crippen molar-refractivity contribution in [3.05, 3.63) is 0 Å². The second-order valence-corrected chi connectivity index (χ2v) is 4.18. The number of aliphatic hydroxyl groups excluding tert-OH is 2. The van der Waals surface area contributed by atoms with Crippen LogP contribution in [0.5, 0.6) is 0 Å². The molecule has 0 aliphatic heterocycles. The molecule has 0 amide bonds. The molecule has 0 aromatic carbocycles. The third-order valence-electron chi connectivity index (χ3n) is 2.35. The number of hydrogen-bond donors (Lipinski definition) is 3. The maximum atomic E-state index is 9.54. The topological polar surface area (TPSA) is 71.0 Å². The van der Waals surface area contributed by atoms with E-state index in [-0.39, 0.29) is 0 Å². The smallest absolute Gasteiger partial charge is 0.0897 e. The lowest BCUT2D eigenvalue weighted by molar-refractivity contribution is 0.0338. The van der Waals surface area contributed by atoms with Crippen LogP contribution in [0.25, 0.3) is 0 Å². The lowest BCUT2D eigenvalue weighted by atomic mass is 10.2. The second-order valence-electron chi connectivity index (χ2n) is 4.18. The molecule has 104 valence electrons. The molecule has 0 aromatic heterocycles. The van der Waals surface area contributed by atoms with Gasteiger partial charge in [0.1, 0.15) is 0 Å². The SMILES string of the molecule is CCCCOCC(O)CNCCC(O)COC. The van der Waals surface area contributed by atoms with Gasteiger partial charge in [0.25, 0.3) is 0 Å². The number of nitrogens with one attached hydrogen (secondary N) is 1. The first-order valence-corrected chi connectivity index (χ1v) is 6.34. The van der Waals surface area contributed by atoms with Gasteiger partial charge in [-0.3, -0.25) is 0 Å². The highest BCUT2D eigenvalue weighted by Crippen LogP contribution is 1.92. The molecule has 0 bridgehead atoms. The summed E-state index contributed by atoms with van der Waals surface area (Å²) in [4.78, 5) is 0. The van der Waals surface area contributed by atoms with E-state index in [1.165, 1.54) is 0 Å². The van der Waals surface area contributed by atoms with Gasteiger partial charge in [-0.2, -0.15) is 0 Å². The first kappa shape index (κ1) is 16.8.